The van der Waals surface area contributed by atoms with E-state index in [-0.39, 0.29) is 0 Å². The lowest BCUT2D eigenvalue weighted by molar-refractivity contribution is 0.428. The summed E-state index contributed by atoms with van der Waals surface area (Å²) in [4.78, 5) is 1.24. The summed E-state index contributed by atoms with van der Waals surface area (Å²) in [6, 6.07) is 1.68. The molecule has 6 heteroatoms. The monoisotopic (exact) mass is 339 g/mol. The molecule has 17 heavy (non-hydrogen) atoms. The van der Waals surface area contributed by atoms with E-state index >= 15 is 0 Å². The number of nitrogens with zero attached hydrogens (tertiary/aromatic N) is 1. The van der Waals surface area contributed by atoms with Crippen molar-refractivity contribution < 1.29 is 8.42 Å². The number of halogens is 1. The summed E-state index contributed by atoms with van der Waals surface area (Å²) in [5.74, 6) is 0.503. The predicted molar refractivity (Wildman–Crippen MR) is 76.0 cm³/mol. The molecule has 0 spiro atoms. The Hall–Kier alpha value is 0.0900. The van der Waals surface area contributed by atoms with Gasteiger partial charge in [0.05, 0.1) is 8.68 Å². The third-order valence-corrected chi connectivity index (χ3v) is 6.22. The zero-order chi connectivity index (χ0) is 13.2. The first-order chi connectivity index (χ1) is 7.75. The number of rotatable bonds is 5. The van der Waals surface area contributed by atoms with Crippen molar-refractivity contribution in [2.45, 2.75) is 32.1 Å². The van der Waals surface area contributed by atoms with Crippen LogP contribution in [0.1, 0.15) is 25.1 Å². The van der Waals surface area contributed by atoms with Crippen molar-refractivity contribution >= 4 is 37.3 Å². The van der Waals surface area contributed by atoms with Crippen LogP contribution in [0.3, 0.4) is 0 Å². The van der Waals surface area contributed by atoms with Crippen LogP contribution in [-0.4, -0.2) is 26.3 Å². The van der Waals surface area contributed by atoms with Gasteiger partial charge in [0.15, 0.2) is 0 Å². The highest BCUT2D eigenvalue weighted by Gasteiger charge is 2.24. The molecule has 98 valence electrons. The molecule has 1 rings (SSSR count). The van der Waals surface area contributed by atoms with Gasteiger partial charge in [-0.05, 0) is 41.3 Å². The zero-order valence-corrected chi connectivity index (χ0v) is 13.7. The van der Waals surface area contributed by atoms with Gasteiger partial charge in [-0.2, -0.15) is 0 Å². The fourth-order valence-corrected chi connectivity index (χ4v) is 4.98. The van der Waals surface area contributed by atoms with E-state index < -0.39 is 10.0 Å². The molecule has 0 bridgehead atoms. The molecule has 0 saturated carbocycles. The highest BCUT2D eigenvalue weighted by atomic mass is 79.9. The van der Waals surface area contributed by atoms with Crippen LogP contribution in [0.25, 0.3) is 0 Å². The smallest absolute Gasteiger partial charge is 0.207 e. The number of hydrogen-bond acceptors (Lipinski definition) is 3. The molecular formula is C11H18BrNO2S2. The van der Waals surface area contributed by atoms with Gasteiger partial charge in [-0.25, -0.2) is 12.7 Å². The average molecular weight is 340 g/mol. The molecule has 1 aromatic rings. The van der Waals surface area contributed by atoms with Gasteiger partial charge < -0.3 is 0 Å². The van der Waals surface area contributed by atoms with Crippen molar-refractivity contribution in [1.29, 1.82) is 0 Å². The number of thiophene rings is 1. The van der Waals surface area contributed by atoms with Gasteiger partial charge in [0.1, 0.15) is 0 Å². The molecule has 0 radical (unpaired) electrons. The van der Waals surface area contributed by atoms with E-state index in [1.807, 2.05) is 6.92 Å². The van der Waals surface area contributed by atoms with E-state index in [0.717, 1.165) is 15.1 Å². The summed E-state index contributed by atoms with van der Waals surface area (Å²) in [5, 5.41) is 0. The minimum absolute atomic E-state index is 0.417. The lowest BCUT2D eigenvalue weighted by Crippen LogP contribution is -2.28. The molecule has 0 aliphatic rings. The van der Waals surface area contributed by atoms with E-state index in [1.54, 1.807) is 13.1 Å². The second-order valence-corrected chi connectivity index (χ2v) is 9.13. The van der Waals surface area contributed by atoms with Crippen LogP contribution in [0.4, 0.5) is 0 Å². The highest BCUT2D eigenvalue weighted by Crippen LogP contribution is 2.31. The van der Waals surface area contributed by atoms with Crippen molar-refractivity contribution in [1.82, 2.24) is 4.31 Å². The SMILES string of the molecule is Cc1sc(Br)cc1S(=O)(=O)N(C)CCC(C)C. The summed E-state index contributed by atoms with van der Waals surface area (Å²) in [5.41, 5.74) is 0. The topological polar surface area (TPSA) is 37.4 Å². The Kier molecular flexibility index (Phi) is 5.19. The molecule has 0 fully saturated rings. The maximum Gasteiger partial charge on any atom is 0.243 e. The van der Waals surface area contributed by atoms with Crippen LogP contribution in [0, 0.1) is 12.8 Å². The Morgan fingerprint density at radius 3 is 2.47 bits per heavy atom. The van der Waals surface area contributed by atoms with Gasteiger partial charge >= 0.3 is 0 Å². The van der Waals surface area contributed by atoms with Gasteiger partial charge in [-0.15, -0.1) is 11.3 Å². The molecule has 1 heterocycles. The third kappa shape index (κ3) is 3.77. The number of sulfonamides is 1. The molecule has 1 aromatic heterocycles. The third-order valence-electron chi connectivity index (χ3n) is 2.55. The molecule has 3 nitrogen and oxygen atoms in total. The van der Waals surface area contributed by atoms with Crippen LogP contribution in [0.2, 0.25) is 0 Å². The molecule has 0 aromatic carbocycles. The second kappa shape index (κ2) is 5.82. The summed E-state index contributed by atoms with van der Waals surface area (Å²) in [7, 11) is -1.69. The fraction of sp³-hybridized carbons (Fsp3) is 0.636. The highest BCUT2D eigenvalue weighted by molar-refractivity contribution is 9.11. The normalized spacial score (nSPS) is 12.6. The predicted octanol–water partition coefficient (Wildman–Crippen LogP) is 3.49. The maximum atomic E-state index is 12.3. The number of hydrogen-bond donors (Lipinski definition) is 0. The van der Waals surface area contributed by atoms with Gasteiger partial charge in [0.2, 0.25) is 10.0 Å². The van der Waals surface area contributed by atoms with Crippen molar-refractivity contribution in [2.24, 2.45) is 5.92 Å². The van der Waals surface area contributed by atoms with Crippen LogP contribution in [-0.2, 0) is 10.0 Å². The van der Waals surface area contributed by atoms with Crippen molar-refractivity contribution in [3.8, 4) is 0 Å². The summed E-state index contributed by atoms with van der Waals surface area (Å²) in [6.07, 6.45) is 0.875. The first kappa shape index (κ1) is 15.1. The van der Waals surface area contributed by atoms with Gasteiger partial charge in [0, 0.05) is 18.5 Å². The van der Waals surface area contributed by atoms with Gasteiger partial charge in [-0.3, -0.25) is 0 Å². The van der Waals surface area contributed by atoms with Crippen LogP contribution in [0.5, 0.6) is 0 Å². The molecule has 0 atom stereocenters. The van der Waals surface area contributed by atoms with Crippen molar-refractivity contribution in [3.63, 3.8) is 0 Å². The lowest BCUT2D eigenvalue weighted by Gasteiger charge is -2.17. The molecule has 0 saturated heterocycles. The van der Waals surface area contributed by atoms with E-state index in [4.69, 9.17) is 0 Å². The van der Waals surface area contributed by atoms with Gasteiger partial charge in [0.25, 0.3) is 0 Å². The lowest BCUT2D eigenvalue weighted by atomic mass is 10.1. The molecule has 0 amide bonds. The first-order valence-electron chi connectivity index (χ1n) is 5.47. The molecular weight excluding hydrogens is 322 g/mol. The van der Waals surface area contributed by atoms with Crippen molar-refractivity contribution in [2.75, 3.05) is 13.6 Å². The quantitative estimate of drug-likeness (QED) is 0.823. The van der Waals surface area contributed by atoms with Crippen LogP contribution in [0.15, 0.2) is 14.7 Å². The van der Waals surface area contributed by atoms with Crippen molar-refractivity contribution in [3.05, 3.63) is 14.7 Å². The maximum absolute atomic E-state index is 12.3. The largest absolute Gasteiger partial charge is 0.243 e. The molecule has 0 N–H and O–H groups in total. The Morgan fingerprint density at radius 1 is 1.47 bits per heavy atom. The molecule has 0 aliphatic heterocycles. The van der Waals surface area contributed by atoms with E-state index in [1.165, 1.54) is 15.6 Å². The first-order valence-corrected chi connectivity index (χ1v) is 8.52. The van der Waals surface area contributed by atoms with Crippen LogP contribution < -0.4 is 0 Å². The Labute approximate surface area is 116 Å². The summed E-state index contributed by atoms with van der Waals surface area (Å²) >= 11 is 4.77. The van der Waals surface area contributed by atoms with E-state index in [9.17, 15) is 8.42 Å². The van der Waals surface area contributed by atoms with E-state index in [0.29, 0.717) is 17.4 Å². The Morgan fingerprint density at radius 2 is 2.06 bits per heavy atom. The molecule has 0 unspecified atom stereocenters. The minimum atomic E-state index is -3.33. The summed E-state index contributed by atoms with van der Waals surface area (Å²) < 4.78 is 26.9. The molecule has 0 aliphatic carbocycles. The minimum Gasteiger partial charge on any atom is -0.207 e. The standard InChI is InChI=1S/C11H18BrNO2S2/c1-8(2)5-6-13(4)17(14,15)10-7-11(12)16-9(10)3/h7-8H,5-6H2,1-4H3. The van der Waals surface area contributed by atoms with Crippen LogP contribution >= 0.6 is 27.3 Å². The van der Waals surface area contributed by atoms with Gasteiger partial charge in [-0.1, -0.05) is 13.8 Å². The Balaban J connectivity index is 2.91. The Bertz CT molecular complexity index is 480. The fourth-order valence-electron chi connectivity index (χ4n) is 1.41. The zero-order valence-electron chi connectivity index (χ0n) is 10.5. The second-order valence-electron chi connectivity index (χ2n) is 4.48. The van der Waals surface area contributed by atoms with E-state index in [2.05, 4.69) is 29.8 Å². The summed E-state index contributed by atoms with van der Waals surface area (Å²) in [6.45, 7) is 6.57. The number of aryl methyl sites for hydroxylation is 1. The average Bonchev–Trinajstić information content (AvgIpc) is 2.54.